The van der Waals surface area contributed by atoms with Gasteiger partial charge < -0.3 is 10.0 Å². The molecule has 1 aromatic rings. The first kappa shape index (κ1) is 16.4. The quantitative estimate of drug-likeness (QED) is 0.800. The van der Waals surface area contributed by atoms with Crippen LogP contribution in [0.25, 0.3) is 0 Å². The number of pyridine rings is 1. The van der Waals surface area contributed by atoms with Gasteiger partial charge in [0.25, 0.3) is 5.91 Å². The second-order valence-corrected chi connectivity index (χ2v) is 8.16. The standard InChI is InChI=1S/C15H21N3O4S/c1-2-17-6-7-18(14-10-23(21,22)9-13(14)17)15(20)12-5-3-4-11(8-19)16-12/h3-5,13-14,19H,2,6-10H2,1H3/t13-,14+/m0/s1. The molecule has 2 aliphatic heterocycles. The lowest BCUT2D eigenvalue weighted by atomic mass is 10.0. The first-order valence-electron chi connectivity index (χ1n) is 7.77. The molecule has 1 aromatic heterocycles. The number of hydrogen-bond donors (Lipinski definition) is 1. The van der Waals surface area contributed by atoms with Crippen LogP contribution in [0.1, 0.15) is 23.1 Å². The molecular weight excluding hydrogens is 318 g/mol. The van der Waals surface area contributed by atoms with Crippen molar-refractivity contribution >= 4 is 15.7 Å². The normalized spacial score (nSPS) is 27.0. The van der Waals surface area contributed by atoms with Gasteiger partial charge in [0, 0.05) is 19.1 Å². The molecule has 2 fully saturated rings. The van der Waals surface area contributed by atoms with Crippen LogP contribution in [0.4, 0.5) is 0 Å². The highest BCUT2D eigenvalue weighted by molar-refractivity contribution is 7.91. The molecule has 0 unspecified atom stereocenters. The summed E-state index contributed by atoms with van der Waals surface area (Å²) in [6.07, 6.45) is 0. The van der Waals surface area contributed by atoms with Crippen LogP contribution in [0.5, 0.6) is 0 Å². The Bertz CT molecular complexity index is 706. The molecule has 0 saturated carbocycles. The van der Waals surface area contributed by atoms with Crippen molar-refractivity contribution in [3.8, 4) is 0 Å². The van der Waals surface area contributed by atoms with Crippen LogP contribution in [0, 0.1) is 0 Å². The van der Waals surface area contributed by atoms with Crippen LogP contribution in [0.3, 0.4) is 0 Å². The van der Waals surface area contributed by atoms with Crippen LogP contribution >= 0.6 is 0 Å². The SMILES string of the molecule is CCN1CCN(C(=O)c2cccc(CO)n2)[C@@H]2CS(=O)(=O)C[C@@H]21. The summed E-state index contributed by atoms with van der Waals surface area (Å²) in [7, 11) is -3.13. The summed E-state index contributed by atoms with van der Waals surface area (Å²) in [5.41, 5.74) is 0.684. The maximum Gasteiger partial charge on any atom is 0.272 e. The third kappa shape index (κ3) is 3.11. The van der Waals surface area contributed by atoms with Crippen molar-refractivity contribution in [3.63, 3.8) is 0 Å². The number of amides is 1. The molecule has 0 aromatic carbocycles. The maximum atomic E-state index is 12.8. The number of likely N-dealkylation sites (N-methyl/N-ethyl adjacent to an activating group) is 1. The summed E-state index contributed by atoms with van der Waals surface area (Å²) in [4.78, 5) is 20.7. The zero-order chi connectivity index (χ0) is 16.6. The van der Waals surface area contributed by atoms with Crippen molar-refractivity contribution < 1.29 is 18.3 Å². The number of aliphatic hydroxyl groups is 1. The van der Waals surface area contributed by atoms with Crippen molar-refractivity contribution in [2.24, 2.45) is 0 Å². The number of piperazine rings is 1. The molecule has 2 aliphatic rings. The van der Waals surface area contributed by atoms with E-state index in [1.807, 2.05) is 6.92 Å². The van der Waals surface area contributed by atoms with E-state index >= 15 is 0 Å². The fourth-order valence-electron chi connectivity index (χ4n) is 3.50. The average Bonchev–Trinajstić information content (AvgIpc) is 2.88. The molecule has 1 N–H and O–H groups in total. The molecule has 3 rings (SSSR count). The minimum atomic E-state index is -3.13. The van der Waals surface area contributed by atoms with Gasteiger partial charge in [-0.15, -0.1) is 0 Å². The van der Waals surface area contributed by atoms with E-state index in [-0.39, 0.29) is 41.8 Å². The number of sulfone groups is 1. The Morgan fingerprint density at radius 3 is 2.74 bits per heavy atom. The number of aromatic nitrogens is 1. The zero-order valence-electron chi connectivity index (χ0n) is 13.1. The molecule has 0 bridgehead atoms. The third-order valence-corrected chi connectivity index (χ3v) is 6.34. The minimum Gasteiger partial charge on any atom is -0.390 e. The highest BCUT2D eigenvalue weighted by Gasteiger charge is 2.47. The van der Waals surface area contributed by atoms with E-state index in [9.17, 15) is 13.2 Å². The molecule has 2 saturated heterocycles. The number of carbonyl (C=O) groups is 1. The first-order valence-corrected chi connectivity index (χ1v) is 9.59. The second kappa shape index (κ2) is 6.18. The molecule has 126 valence electrons. The topological polar surface area (TPSA) is 90.8 Å². The summed E-state index contributed by atoms with van der Waals surface area (Å²) < 4.78 is 24.1. The molecule has 1 amide bonds. The molecule has 23 heavy (non-hydrogen) atoms. The fourth-order valence-corrected chi connectivity index (χ4v) is 5.52. The summed E-state index contributed by atoms with van der Waals surface area (Å²) in [5.74, 6) is -0.137. The maximum absolute atomic E-state index is 12.8. The van der Waals surface area contributed by atoms with E-state index in [1.165, 1.54) is 0 Å². The Morgan fingerprint density at radius 1 is 1.30 bits per heavy atom. The number of nitrogens with zero attached hydrogens (tertiary/aromatic N) is 3. The van der Waals surface area contributed by atoms with Crippen LogP contribution in [-0.4, -0.2) is 77.4 Å². The van der Waals surface area contributed by atoms with E-state index in [1.54, 1.807) is 23.1 Å². The van der Waals surface area contributed by atoms with Gasteiger partial charge >= 0.3 is 0 Å². The number of hydrogen-bond acceptors (Lipinski definition) is 6. The smallest absolute Gasteiger partial charge is 0.272 e. The van der Waals surface area contributed by atoms with Gasteiger partial charge in [-0.2, -0.15) is 0 Å². The van der Waals surface area contributed by atoms with Gasteiger partial charge in [-0.05, 0) is 18.7 Å². The lowest BCUT2D eigenvalue weighted by Crippen LogP contribution is -2.60. The van der Waals surface area contributed by atoms with Crippen LogP contribution in [0.15, 0.2) is 18.2 Å². The largest absolute Gasteiger partial charge is 0.390 e. The third-order valence-electron chi connectivity index (χ3n) is 4.65. The predicted octanol–water partition coefficient (Wildman–Crippen LogP) is -0.483. The summed E-state index contributed by atoms with van der Waals surface area (Å²) in [6.45, 7) is 3.71. The number of fused-ring (bicyclic) bond motifs is 1. The minimum absolute atomic E-state index is 0.0135. The number of aliphatic hydroxyl groups excluding tert-OH is 1. The van der Waals surface area contributed by atoms with Crippen LogP contribution in [0.2, 0.25) is 0 Å². The fraction of sp³-hybridized carbons (Fsp3) is 0.600. The van der Waals surface area contributed by atoms with E-state index in [2.05, 4.69) is 9.88 Å². The molecular formula is C15H21N3O4S. The van der Waals surface area contributed by atoms with Crippen molar-refractivity contribution in [1.82, 2.24) is 14.8 Å². The van der Waals surface area contributed by atoms with Gasteiger partial charge in [0.1, 0.15) is 5.69 Å². The van der Waals surface area contributed by atoms with Gasteiger partial charge in [-0.1, -0.05) is 13.0 Å². The van der Waals surface area contributed by atoms with E-state index < -0.39 is 9.84 Å². The van der Waals surface area contributed by atoms with Crippen molar-refractivity contribution in [2.45, 2.75) is 25.6 Å². The lowest BCUT2D eigenvalue weighted by molar-refractivity contribution is 0.0344. The second-order valence-electron chi connectivity index (χ2n) is 6.01. The van der Waals surface area contributed by atoms with Gasteiger partial charge in [-0.25, -0.2) is 13.4 Å². The molecule has 0 spiro atoms. The van der Waals surface area contributed by atoms with Gasteiger partial charge in [0.05, 0.1) is 29.8 Å². The van der Waals surface area contributed by atoms with Gasteiger partial charge in [0.15, 0.2) is 9.84 Å². The van der Waals surface area contributed by atoms with Gasteiger partial charge in [0.2, 0.25) is 0 Å². The van der Waals surface area contributed by atoms with E-state index in [4.69, 9.17) is 5.11 Å². The Kier molecular flexibility index (Phi) is 4.39. The molecule has 3 heterocycles. The summed E-state index contributed by atoms with van der Waals surface area (Å²) in [6, 6.07) is 4.47. The molecule has 0 aliphatic carbocycles. The molecule has 2 atom stereocenters. The number of rotatable bonds is 3. The van der Waals surface area contributed by atoms with Crippen molar-refractivity contribution in [1.29, 1.82) is 0 Å². The van der Waals surface area contributed by atoms with E-state index in [0.29, 0.717) is 18.8 Å². The van der Waals surface area contributed by atoms with Crippen molar-refractivity contribution in [3.05, 3.63) is 29.6 Å². The Labute approximate surface area is 135 Å². The van der Waals surface area contributed by atoms with Crippen LogP contribution < -0.4 is 0 Å². The predicted molar refractivity (Wildman–Crippen MR) is 84.7 cm³/mol. The number of carbonyl (C=O) groups excluding carboxylic acids is 1. The van der Waals surface area contributed by atoms with Crippen molar-refractivity contribution in [2.75, 3.05) is 31.1 Å². The molecule has 8 heteroatoms. The Morgan fingerprint density at radius 2 is 2.04 bits per heavy atom. The monoisotopic (exact) mass is 339 g/mol. The Balaban J connectivity index is 1.88. The first-order chi connectivity index (χ1) is 10.9. The Hall–Kier alpha value is -1.51. The van der Waals surface area contributed by atoms with E-state index in [0.717, 1.165) is 6.54 Å². The zero-order valence-corrected chi connectivity index (χ0v) is 13.9. The highest BCUT2D eigenvalue weighted by atomic mass is 32.2. The summed E-state index contributed by atoms with van der Waals surface area (Å²) in [5, 5.41) is 9.17. The summed E-state index contributed by atoms with van der Waals surface area (Å²) >= 11 is 0. The highest BCUT2D eigenvalue weighted by Crippen LogP contribution is 2.27. The molecule has 7 nitrogen and oxygen atoms in total. The average molecular weight is 339 g/mol. The van der Waals surface area contributed by atoms with Gasteiger partial charge in [-0.3, -0.25) is 9.69 Å². The molecule has 0 radical (unpaired) electrons. The lowest BCUT2D eigenvalue weighted by Gasteiger charge is -2.43. The van der Waals surface area contributed by atoms with Crippen LogP contribution in [-0.2, 0) is 16.4 Å².